The fourth-order valence-corrected chi connectivity index (χ4v) is 3.35. The van der Waals surface area contributed by atoms with Gasteiger partial charge in [0.2, 0.25) is 0 Å². The zero-order valence-electron chi connectivity index (χ0n) is 12.9. The quantitative estimate of drug-likeness (QED) is 0.829. The number of methoxy groups -OCH3 is 1. The normalized spacial score (nSPS) is 32.9. The van der Waals surface area contributed by atoms with Gasteiger partial charge in [0.15, 0.2) is 0 Å². The molecule has 1 aromatic rings. The molecule has 4 atom stereocenters. The maximum absolute atomic E-state index is 10.6. The third kappa shape index (κ3) is 3.20. The summed E-state index contributed by atoms with van der Waals surface area (Å²) in [4.78, 5) is 2.22. The molecule has 0 spiro atoms. The second-order valence-corrected chi connectivity index (χ2v) is 5.86. The molecule has 6 heteroatoms. The number of nitrogens with zero attached hydrogens (tertiary/aromatic N) is 1. The van der Waals surface area contributed by atoms with Crippen molar-refractivity contribution in [1.82, 2.24) is 4.90 Å². The smallest absolute Gasteiger partial charge is 0.128 e. The summed E-state index contributed by atoms with van der Waals surface area (Å²) in [7, 11) is 1.62. The molecule has 3 N–H and O–H groups in total. The summed E-state index contributed by atoms with van der Waals surface area (Å²) in [5.74, 6) is 1.43. The first-order valence-electron chi connectivity index (χ1n) is 7.75. The van der Waals surface area contributed by atoms with Crippen LogP contribution in [-0.2, 0) is 4.74 Å². The maximum Gasteiger partial charge on any atom is 0.128 e. The van der Waals surface area contributed by atoms with E-state index < -0.39 is 6.10 Å². The van der Waals surface area contributed by atoms with Crippen molar-refractivity contribution in [2.45, 2.75) is 30.7 Å². The minimum absolute atomic E-state index is 0.0699. The van der Waals surface area contributed by atoms with Gasteiger partial charge in [-0.15, -0.1) is 0 Å². The number of hydrogen-bond acceptors (Lipinski definition) is 6. The molecule has 0 radical (unpaired) electrons. The van der Waals surface area contributed by atoms with Crippen molar-refractivity contribution < 1.29 is 19.3 Å². The average molecular weight is 308 g/mol. The number of aliphatic hydroxyl groups excluding tert-OH is 1. The number of aliphatic hydroxyl groups is 1. The third-order valence-corrected chi connectivity index (χ3v) is 4.47. The van der Waals surface area contributed by atoms with Crippen molar-refractivity contribution >= 4 is 0 Å². The van der Waals surface area contributed by atoms with Crippen molar-refractivity contribution in [3.05, 3.63) is 24.3 Å². The van der Waals surface area contributed by atoms with Crippen LogP contribution in [0.25, 0.3) is 0 Å². The Morgan fingerprint density at radius 3 is 2.73 bits per heavy atom. The number of hydrogen-bond donors (Lipinski definition) is 2. The Labute approximate surface area is 130 Å². The molecule has 2 aliphatic rings. The number of morpholine rings is 1. The summed E-state index contributed by atoms with van der Waals surface area (Å²) in [5.41, 5.74) is 6.25. The molecule has 1 aliphatic heterocycles. The molecule has 6 nitrogen and oxygen atoms in total. The van der Waals surface area contributed by atoms with E-state index in [9.17, 15) is 5.11 Å². The number of nitrogens with two attached hydrogens (primary N) is 1. The van der Waals surface area contributed by atoms with Gasteiger partial charge >= 0.3 is 0 Å². The van der Waals surface area contributed by atoms with Crippen LogP contribution in [0.1, 0.15) is 6.42 Å². The summed E-state index contributed by atoms with van der Waals surface area (Å²) >= 11 is 0. The number of ether oxygens (including phenoxy) is 3. The van der Waals surface area contributed by atoms with E-state index in [1.54, 1.807) is 7.11 Å². The Hall–Kier alpha value is -1.34. The second-order valence-electron chi connectivity index (χ2n) is 5.86. The molecule has 3 rings (SSSR count). The van der Waals surface area contributed by atoms with Gasteiger partial charge in [-0.2, -0.15) is 0 Å². The molecule has 2 fully saturated rings. The van der Waals surface area contributed by atoms with Gasteiger partial charge in [0, 0.05) is 31.6 Å². The SMILES string of the molecule is COc1cccc(O[C@@H]2C[C@@H](N)[C@H](N3CCOCC3)[C@H]2O)c1. The molecular formula is C16H24N2O4. The molecule has 1 aliphatic carbocycles. The predicted octanol–water partition coefficient (Wildman–Crippen LogP) is 0.235. The lowest BCUT2D eigenvalue weighted by Crippen LogP contribution is -2.54. The Balaban J connectivity index is 1.67. The first-order chi connectivity index (χ1) is 10.7. The lowest BCUT2D eigenvalue weighted by molar-refractivity contribution is -0.0336. The zero-order chi connectivity index (χ0) is 15.5. The second kappa shape index (κ2) is 6.83. The van der Waals surface area contributed by atoms with Crippen molar-refractivity contribution in [2.75, 3.05) is 33.4 Å². The van der Waals surface area contributed by atoms with Crippen LogP contribution in [0.4, 0.5) is 0 Å². The highest BCUT2D eigenvalue weighted by molar-refractivity contribution is 5.33. The molecule has 1 heterocycles. The third-order valence-electron chi connectivity index (χ3n) is 4.47. The van der Waals surface area contributed by atoms with E-state index in [-0.39, 0.29) is 18.2 Å². The van der Waals surface area contributed by atoms with Crippen molar-refractivity contribution in [1.29, 1.82) is 0 Å². The maximum atomic E-state index is 10.6. The molecular weight excluding hydrogens is 284 g/mol. The Kier molecular flexibility index (Phi) is 4.83. The summed E-state index contributed by atoms with van der Waals surface area (Å²) in [6, 6.07) is 7.25. The van der Waals surface area contributed by atoms with Gasteiger partial charge in [-0.3, -0.25) is 4.90 Å². The molecule has 0 amide bonds. The average Bonchev–Trinajstić information content (AvgIpc) is 2.82. The van der Waals surface area contributed by atoms with Crippen LogP contribution in [0.5, 0.6) is 11.5 Å². The highest BCUT2D eigenvalue weighted by Gasteiger charge is 2.45. The summed E-state index contributed by atoms with van der Waals surface area (Å²) in [6.07, 6.45) is -0.255. The van der Waals surface area contributed by atoms with Crippen LogP contribution in [0.3, 0.4) is 0 Å². The van der Waals surface area contributed by atoms with Gasteiger partial charge in [0.05, 0.1) is 26.4 Å². The molecule has 0 bridgehead atoms. The van der Waals surface area contributed by atoms with Crippen LogP contribution in [0.15, 0.2) is 24.3 Å². The Morgan fingerprint density at radius 2 is 2.00 bits per heavy atom. The van der Waals surface area contributed by atoms with Gasteiger partial charge in [0.25, 0.3) is 0 Å². The van der Waals surface area contributed by atoms with E-state index in [0.29, 0.717) is 25.4 Å². The molecule has 22 heavy (non-hydrogen) atoms. The zero-order valence-corrected chi connectivity index (χ0v) is 12.9. The number of benzene rings is 1. The molecule has 0 aromatic heterocycles. The lowest BCUT2D eigenvalue weighted by atomic mass is 10.1. The van der Waals surface area contributed by atoms with E-state index in [1.165, 1.54) is 0 Å². The van der Waals surface area contributed by atoms with Crippen LogP contribution < -0.4 is 15.2 Å². The Morgan fingerprint density at radius 1 is 1.27 bits per heavy atom. The monoisotopic (exact) mass is 308 g/mol. The van der Waals surface area contributed by atoms with Gasteiger partial charge < -0.3 is 25.1 Å². The summed E-state index contributed by atoms with van der Waals surface area (Å²) in [6.45, 7) is 3.00. The lowest BCUT2D eigenvalue weighted by Gasteiger charge is -2.36. The van der Waals surface area contributed by atoms with Crippen LogP contribution in [0, 0.1) is 0 Å². The molecule has 1 aromatic carbocycles. The van der Waals surface area contributed by atoms with Crippen molar-refractivity contribution in [3.8, 4) is 11.5 Å². The van der Waals surface area contributed by atoms with Crippen LogP contribution >= 0.6 is 0 Å². The molecule has 1 saturated heterocycles. The van der Waals surface area contributed by atoms with E-state index in [1.807, 2.05) is 24.3 Å². The minimum Gasteiger partial charge on any atom is -0.497 e. The van der Waals surface area contributed by atoms with E-state index in [0.717, 1.165) is 18.8 Å². The molecule has 1 saturated carbocycles. The highest BCUT2D eigenvalue weighted by Crippen LogP contribution is 2.29. The topological polar surface area (TPSA) is 77.2 Å². The van der Waals surface area contributed by atoms with Crippen LogP contribution in [-0.4, -0.2) is 67.7 Å². The first-order valence-corrected chi connectivity index (χ1v) is 7.75. The van der Waals surface area contributed by atoms with Gasteiger partial charge in [0.1, 0.15) is 23.7 Å². The predicted molar refractivity (Wildman–Crippen MR) is 82.2 cm³/mol. The minimum atomic E-state index is -0.598. The molecule has 122 valence electrons. The van der Waals surface area contributed by atoms with Gasteiger partial charge in [-0.25, -0.2) is 0 Å². The van der Waals surface area contributed by atoms with Gasteiger partial charge in [-0.1, -0.05) is 6.07 Å². The van der Waals surface area contributed by atoms with E-state index >= 15 is 0 Å². The summed E-state index contributed by atoms with van der Waals surface area (Å²) in [5, 5.41) is 10.6. The first kappa shape index (κ1) is 15.6. The van der Waals surface area contributed by atoms with Gasteiger partial charge in [-0.05, 0) is 12.1 Å². The van der Waals surface area contributed by atoms with Crippen molar-refractivity contribution in [2.24, 2.45) is 5.73 Å². The molecule has 0 unspecified atom stereocenters. The standard InChI is InChI=1S/C16H24N2O4/c1-20-11-3-2-4-12(9-11)22-14-10-13(17)15(16(14)19)18-5-7-21-8-6-18/h2-4,9,13-16,19H,5-8,10,17H2,1H3/t13-,14-,15+,16+/m1/s1. The Bertz CT molecular complexity index is 493. The summed E-state index contributed by atoms with van der Waals surface area (Å²) < 4.78 is 16.5. The van der Waals surface area contributed by atoms with E-state index in [4.69, 9.17) is 19.9 Å². The fourth-order valence-electron chi connectivity index (χ4n) is 3.35. The van der Waals surface area contributed by atoms with Crippen molar-refractivity contribution in [3.63, 3.8) is 0 Å². The fraction of sp³-hybridized carbons (Fsp3) is 0.625. The van der Waals surface area contributed by atoms with Crippen LogP contribution in [0.2, 0.25) is 0 Å². The van der Waals surface area contributed by atoms with E-state index in [2.05, 4.69) is 4.90 Å². The largest absolute Gasteiger partial charge is 0.497 e. The number of rotatable bonds is 4. The highest BCUT2D eigenvalue weighted by atomic mass is 16.5.